The molecule has 0 spiro atoms. The van der Waals surface area contributed by atoms with E-state index in [1.54, 1.807) is 31.3 Å². The molecule has 0 amide bonds. The lowest BCUT2D eigenvalue weighted by Crippen LogP contribution is -2.14. The van der Waals surface area contributed by atoms with E-state index in [-0.39, 0.29) is 10.4 Å². The van der Waals surface area contributed by atoms with Gasteiger partial charge in [0.2, 0.25) is 0 Å². The molecule has 0 unspecified atom stereocenters. The van der Waals surface area contributed by atoms with Crippen molar-refractivity contribution >= 4 is 23.1 Å². The highest BCUT2D eigenvalue weighted by atomic mass is 32.1. The van der Waals surface area contributed by atoms with Crippen molar-refractivity contribution in [2.24, 2.45) is 0 Å². The molecular weight excluding hydrogens is 362 g/mol. The van der Waals surface area contributed by atoms with Crippen molar-refractivity contribution in [3.63, 3.8) is 0 Å². The number of rotatable bonds is 5. The zero-order valence-corrected chi connectivity index (χ0v) is 14.3. The van der Waals surface area contributed by atoms with E-state index < -0.39 is 30.0 Å². The molecule has 0 bridgehead atoms. The summed E-state index contributed by atoms with van der Waals surface area (Å²) >= 11 is 1.10. The van der Waals surface area contributed by atoms with Gasteiger partial charge in [-0.3, -0.25) is 9.78 Å². The van der Waals surface area contributed by atoms with Crippen molar-refractivity contribution < 1.29 is 23.1 Å². The second-order valence-electron chi connectivity index (χ2n) is 5.28. The van der Waals surface area contributed by atoms with Gasteiger partial charge >= 0.3 is 5.97 Å². The van der Waals surface area contributed by atoms with Gasteiger partial charge in [0.25, 0.3) is 0 Å². The number of hydrogen-bond donors (Lipinski definition) is 0. The van der Waals surface area contributed by atoms with Crippen LogP contribution in [0, 0.1) is 18.6 Å². The number of pyridine rings is 1. The van der Waals surface area contributed by atoms with E-state index in [0.717, 1.165) is 29.5 Å². The fourth-order valence-electron chi connectivity index (χ4n) is 2.13. The topological polar surface area (TPSA) is 69.2 Å². The quantitative estimate of drug-likeness (QED) is 0.501. The predicted molar refractivity (Wildman–Crippen MR) is 91.1 cm³/mol. The molecule has 0 atom stereocenters. The SMILES string of the molecule is Cc1nc(-c2ccccn2)sc1C(=O)OCC(=O)c1ccc(F)c(F)c1. The normalized spacial score (nSPS) is 10.6. The number of carbonyl (C=O) groups is 2. The number of ether oxygens (including phenoxy) is 1. The van der Waals surface area contributed by atoms with Gasteiger partial charge in [-0.05, 0) is 37.3 Å². The van der Waals surface area contributed by atoms with Crippen LogP contribution in [0.3, 0.4) is 0 Å². The molecule has 0 radical (unpaired) electrons. The summed E-state index contributed by atoms with van der Waals surface area (Å²) in [5, 5.41) is 0.557. The molecular formula is C18H12F2N2O3S. The summed E-state index contributed by atoms with van der Waals surface area (Å²) in [5.41, 5.74) is 1.00. The molecule has 26 heavy (non-hydrogen) atoms. The van der Waals surface area contributed by atoms with Crippen LogP contribution >= 0.6 is 11.3 Å². The maximum Gasteiger partial charge on any atom is 0.350 e. The number of esters is 1. The number of thiazole rings is 1. The molecule has 8 heteroatoms. The summed E-state index contributed by atoms with van der Waals surface area (Å²) in [6.07, 6.45) is 1.62. The van der Waals surface area contributed by atoms with E-state index in [9.17, 15) is 18.4 Å². The van der Waals surface area contributed by atoms with Crippen LogP contribution in [0.4, 0.5) is 8.78 Å². The van der Waals surface area contributed by atoms with Gasteiger partial charge in [-0.2, -0.15) is 0 Å². The number of aromatic nitrogens is 2. The Hall–Kier alpha value is -3.00. The van der Waals surface area contributed by atoms with E-state index >= 15 is 0 Å². The molecule has 5 nitrogen and oxygen atoms in total. The minimum Gasteiger partial charge on any atom is -0.453 e. The molecule has 0 aliphatic heterocycles. The molecule has 0 saturated heterocycles. The molecule has 2 heterocycles. The van der Waals surface area contributed by atoms with Gasteiger partial charge in [0.1, 0.15) is 9.88 Å². The van der Waals surface area contributed by atoms with Crippen LogP contribution in [0.1, 0.15) is 25.7 Å². The van der Waals surface area contributed by atoms with Gasteiger partial charge in [-0.1, -0.05) is 6.07 Å². The number of halogens is 2. The molecule has 0 saturated carbocycles. The first-order valence-electron chi connectivity index (χ1n) is 7.50. The fourth-order valence-corrected chi connectivity index (χ4v) is 3.07. The molecule has 1 aromatic carbocycles. The standard InChI is InChI=1S/C18H12F2N2O3S/c1-10-16(26-17(22-10)14-4-2-3-7-21-14)18(24)25-9-15(23)11-5-6-12(19)13(20)8-11/h2-8H,9H2,1H3. The number of carbonyl (C=O) groups excluding carboxylic acids is 2. The predicted octanol–water partition coefficient (Wildman–Crippen LogP) is 3.83. The monoisotopic (exact) mass is 374 g/mol. The molecule has 0 N–H and O–H groups in total. The summed E-state index contributed by atoms with van der Waals surface area (Å²) in [6, 6.07) is 8.08. The van der Waals surface area contributed by atoms with Crippen LogP contribution in [0.25, 0.3) is 10.7 Å². The van der Waals surface area contributed by atoms with Crippen LogP contribution in [-0.2, 0) is 4.74 Å². The Morgan fingerprint density at radius 1 is 1.15 bits per heavy atom. The smallest absolute Gasteiger partial charge is 0.350 e. The summed E-state index contributed by atoms with van der Waals surface area (Å²) in [7, 11) is 0. The molecule has 132 valence electrons. The maximum atomic E-state index is 13.2. The first kappa shape index (κ1) is 17.8. The number of nitrogens with zero attached hydrogens (tertiary/aromatic N) is 2. The molecule has 3 aromatic rings. The Morgan fingerprint density at radius 3 is 2.65 bits per heavy atom. The van der Waals surface area contributed by atoms with Gasteiger partial charge in [-0.15, -0.1) is 11.3 Å². The van der Waals surface area contributed by atoms with E-state index in [0.29, 0.717) is 16.4 Å². The van der Waals surface area contributed by atoms with E-state index in [1.807, 2.05) is 0 Å². The zero-order valence-electron chi connectivity index (χ0n) is 13.5. The van der Waals surface area contributed by atoms with Gasteiger partial charge in [0.15, 0.2) is 24.0 Å². The van der Waals surface area contributed by atoms with Crippen LogP contribution in [0.2, 0.25) is 0 Å². The zero-order chi connectivity index (χ0) is 18.7. The van der Waals surface area contributed by atoms with Gasteiger partial charge in [0.05, 0.1) is 11.4 Å². The van der Waals surface area contributed by atoms with Crippen LogP contribution in [0.5, 0.6) is 0 Å². The maximum absolute atomic E-state index is 13.2. The minimum absolute atomic E-state index is 0.0769. The summed E-state index contributed by atoms with van der Waals surface area (Å²) < 4.78 is 31.1. The molecule has 0 aliphatic carbocycles. The lowest BCUT2D eigenvalue weighted by Gasteiger charge is -2.04. The van der Waals surface area contributed by atoms with Crippen molar-refractivity contribution in [3.8, 4) is 10.7 Å². The van der Waals surface area contributed by atoms with Crippen LogP contribution < -0.4 is 0 Å². The first-order valence-corrected chi connectivity index (χ1v) is 8.31. The third-order valence-electron chi connectivity index (χ3n) is 3.44. The van der Waals surface area contributed by atoms with Crippen molar-refractivity contribution in [3.05, 3.63) is 70.4 Å². The highest BCUT2D eigenvalue weighted by Crippen LogP contribution is 2.27. The molecule has 2 aromatic heterocycles. The summed E-state index contributed by atoms with van der Waals surface area (Å²) in [4.78, 5) is 32.9. The second-order valence-corrected chi connectivity index (χ2v) is 6.28. The van der Waals surface area contributed by atoms with Crippen molar-refractivity contribution in [2.45, 2.75) is 6.92 Å². The number of Topliss-reactive ketones (excluding diaryl/α,β-unsaturated/α-hetero) is 1. The lowest BCUT2D eigenvalue weighted by atomic mass is 10.1. The second kappa shape index (κ2) is 7.49. The van der Waals surface area contributed by atoms with Crippen molar-refractivity contribution in [2.75, 3.05) is 6.61 Å². The highest BCUT2D eigenvalue weighted by molar-refractivity contribution is 7.17. The fraction of sp³-hybridized carbons (Fsp3) is 0.111. The summed E-state index contributed by atoms with van der Waals surface area (Å²) in [5.74, 6) is -3.54. The highest BCUT2D eigenvalue weighted by Gasteiger charge is 2.20. The largest absolute Gasteiger partial charge is 0.453 e. The Morgan fingerprint density at radius 2 is 1.96 bits per heavy atom. The Bertz CT molecular complexity index is 974. The number of ketones is 1. The third kappa shape index (κ3) is 3.80. The molecule has 0 fully saturated rings. The van der Waals surface area contributed by atoms with Crippen LogP contribution in [0.15, 0.2) is 42.6 Å². The van der Waals surface area contributed by atoms with Crippen molar-refractivity contribution in [1.29, 1.82) is 0 Å². The average molecular weight is 374 g/mol. The van der Waals surface area contributed by atoms with E-state index in [2.05, 4.69) is 9.97 Å². The molecule has 0 aliphatic rings. The summed E-state index contributed by atoms with van der Waals surface area (Å²) in [6.45, 7) is 1.07. The van der Waals surface area contributed by atoms with E-state index in [4.69, 9.17) is 4.74 Å². The average Bonchev–Trinajstić information content (AvgIpc) is 3.04. The Labute approximate surface area is 151 Å². The third-order valence-corrected chi connectivity index (χ3v) is 4.60. The lowest BCUT2D eigenvalue weighted by molar-refractivity contribution is 0.0478. The number of benzene rings is 1. The van der Waals surface area contributed by atoms with Crippen LogP contribution in [-0.4, -0.2) is 28.3 Å². The van der Waals surface area contributed by atoms with Gasteiger partial charge in [-0.25, -0.2) is 18.6 Å². The molecule has 3 rings (SSSR count). The minimum atomic E-state index is -1.14. The van der Waals surface area contributed by atoms with Gasteiger partial charge < -0.3 is 4.74 Å². The Balaban J connectivity index is 1.69. The Kier molecular flexibility index (Phi) is 5.13. The number of aryl methyl sites for hydroxylation is 1. The van der Waals surface area contributed by atoms with E-state index in [1.165, 1.54) is 0 Å². The van der Waals surface area contributed by atoms with Crippen molar-refractivity contribution in [1.82, 2.24) is 9.97 Å². The number of hydrogen-bond acceptors (Lipinski definition) is 6. The van der Waals surface area contributed by atoms with Gasteiger partial charge in [0, 0.05) is 11.8 Å². The first-order chi connectivity index (χ1) is 12.5.